The van der Waals surface area contributed by atoms with E-state index in [2.05, 4.69) is 20.9 Å². The number of esters is 1. The van der Waals surface area contributed by atoms with Crippen molar-refractivity contribution in [1.29, 1.82) is 0 Å². The zero-order valence-electron chi connectivity index (χ0n) is 18.5. The minimum Gasteiger partial charge on any atom is -0.467 e. The number of ether oxygens (including phenoxy) is 1. The van der Waals surface area contributed by atoms with E-state index < -0.39 is 18.0 Å². The van der Waals surface area contributed by atoms with E-state index in [0.717, 1.165) is 12.8 Å². The molecule has 9 nitrogen and oxygen atoms in total. The number of hydrogen-bond donors (Lipinski definition) is 3. The van der Waals surface area contributed by atoms with Gasteiger partial charge in [-0.15, -0.1) is 0 Å². The molecule has 3 heterocycles. The number of hydrogen-bond acceptors (Lipinski definition) is 6. The Morgan fingerprint density at radius 1 is 1.15 bits per heavy atom. The SMILES string of the molecule is CCOC(=O)C1=C(CN2CCC(NC(=O)c3ccccc3)CC2)NC(=O)NC1c1ccco1. The number of nitrogens with one attached hydrogen (secondary N) is 3. The Hall–Kier alpha value is -3.59. The maximum absolute atomic E-state index is 12.8. The highest BCUT2D eigenvalue weighted by Crippen LogP contribution is 2.29. The standard InChI is InChI=1S/C24H28N4O5/c1-2-32-23(30)20-18(26-24(31)27-21(20)19-9-6-14-33-19)15-28-12-10-17(11-13-28)25-22(29)16-7-4-3-5-8-16/h3-9,14,17,21H,2,10-13,15H2,1H3,(H,25,29)(H2,26,27,31). The van der Waals surface area contributed by atoms with Crippen LogP contribution in [-0.2, 0) is 9.53 Å². The van der Waals surface area contributed by atoms with Gasteiger partial charge in [0.15, 0.2) is 0 Å². The molecule has 1 aromatic carbocycles. The Balaban J connectivity index is 1.44. The summed E-state index contributed by atoms with van der Waals surface area (Å²) >= 11 is 0. The lowest BCUT2D eigenvalue weighted by molar-refractivity contribution is -0.139. The number of likely N-dealkylation sites (tertiary alicyclic amines) is 1. The van der Waals surface area contributed by atoms with Gasteiger partial charge in [-0.2, -0.15) is 0 Å². The predicted molar refractivity (Wildman–Crippen MR) is 120 cm³/mol. The van der Waals surface area contributed by atoms with E-state index in [1.807, 2.05) is 18.2 Å². The smallest absolute Gasteiger partial charge is 0.338 e. The average Bonchev–Trinajstić information content (AvgIpc) is 3.35. The third kappa shape index (κ3) is 5.43. The molecular formula is C24H28N4O5. The monoisotopic (exact) mass is 452 g/mol. The fraction of sp³-hybridized carbons (Fsp3) is 0.375. The van der Waals surface area contributed by atoms with E-state index in [9.17, 15) is 14.4 Å². The van der Waals surface area contributed by atoms with Crippen molar-refractivity contribution in [3.05, 3.63) is 71.3 Å². The highest BCUT2D eigenvalue weighted by molar-refractivity contribution is 5.95. The fourth-order valence-electron chi connectivity index (χ4n) is 4.18. The molecule has 2 aromatic rings. The highest BCUT2D eigenvalue weighted by atomic mass is 16.5. The molecule has 0 bridgehead atoms. The van der Waals surface area contributed by atoms with E-state index in [1.54, 1.807) is 31.2 Å². The zero-order valence-corrected chi connectivity index (χ0v) is 18.5. The second-order valence-corrected chi connectivity index (χ2v) is 8.05. The molecule has 33 heavy (non-hydrogen) atoms. The van der Waals surface area contributed by atoms with Crippen molar-refractivity contribution in [2.24, 2.45) is 0 Å². The minimum absolute atomic E-state index is 0.0749. The number of urea groups is 1. The maximum Gasteiger partial charge on any atom is 0.338 e. The number of furan rings is 1. The van der Waals surface area contributed by atoms with Crippen molar-refractivity contribution in [2.45, 2.75) is 31.8 Å². The van der Waals surface area contributed by atoms with Gasteiger partial charge in [-0.1, -0.05) is 18.2 Å². The Labute approximate surface area is 192 Å². The zero-order chi connectivity index (χ0) is 23.2. The summed E-state index contributed by atoms with van der Waals surface area (Å²) in [5, 5.41) is 8.63. The third-order valence-corrected chi connectivity index (χ3v) is 5.82. The Kier molecular flexibility index (Phi) is 7.09. The van der Waals surface area contributed by atoms with E-state index in [1.165, 1.54) is 6.26 Å². The van der Waals surface area contributed by atoms with Crippen molar-refractivity contribution in [3.8, 4) is 0 Å². The largest absolute Gasteiger partial charge is 0.467 e. The molecule has 4 rings (SSSR count). The predicted octanol–water partition coefficient (Wildman–Crippen LogP) is 2.35. The molecule has 3 amide bonds. The first-order chi connectivity index (χ1) is 16.0. The van der Waals surface area contributed by atoms with E-state index in [4.69, 9.17) is 9.15 Å². The molecule has 2 aliphatic rings. The molecule has 9 heteroatoms. The second kappa shape index (κ2) is 10.4. The number of carbonyl (C=O) groups excluding carboxylic acids is 3. The molecule has 1 atom stereocenters. The highest BCUT2D eigenvalue weighted by Gasteiger charge is 2.36. The van der Waals surface area contributed by atoms with Crippen molar-refractivity contribution in [2.75, 3.05) is 26.2 Å². The Morgan fingerprint density at radius 2 is 1.91 bits per heavy atom. The molecule has 1 fully saturated rings. The van der Waals surface area contributed by atoms with Crippen molar-refractivity contribution >= 4 is 17.9 Å². The normalized spacial score (nSPS) is 19.5. The van der Waals surface area contributed by atoms with Gasteiger partial charge in [0.25, 0.3) is 5.91 Å². The van der Waals surface area contributed by atoms with Crippen LogP contribution in [0.1, 0.15) is 41.9 Å². The number of benzene rings is 1. The van der Waals surface area contributed by atoms with E-state index in [0.29, 0.717) is 42.2 Å². The van der Waals surface area contributed by atoms with Crippen molar-refractivity contribution < 1.29 is 23.5 Å². The molecule has 0 spiro atoms. The van der Waals surface area contributed by atoms with Crippen LogP contribution in [-0.4, -0.2) is 55.1 Å². The van der Waals surface area contributed by atoms with Crippen molar-refractivity contribution in [1.82, 2.24) is 20.9 Å². The summed E-state index contributed by atoms with van der Waals surface area (Å²) in [4.78, 5) is 39.7. The molecule has 1 aromatic heterocycles. The molecule has 0 aliphatic carbocycles. The van der Waals surface area contributed by atoms with Crippen LogP contribution in [0.2, 0.25) is 0 Å². The second-order valence-electron chi connectivity index (χ2n) is 8.05. The van der Waals surface area contributed by atoms with Crippen LogP contribution >= 0.6 is 0 Å². The van der Waals surface area contributed by atoms with Gasteiger partial charge in [0.1, 0.15) is 11.8 Å². The van der Waals surface area contributed by atoms with Crippen LogP contribution in [0.15, 0.2) is 64.4 Å². The quantitative estimate of drug-likeness (QED) is 0.556. The maximum atomic E-state index is 12.8. The summed E-state index contributed by atoms with van der Waals surface area (Å²) in [7, 11) is 0. The molecule has 2 aliphatic heterocycles. The number of amides is 3. The molecule has 174 valence electrons. The van der Waals surface area contributed by atoms with Gasteiger partial charge in [-0.3, -0.25) is 9.69 Å². The molecule has 0 radical (unpaired) electrons. The topological polar surface area (TPSA) is 113 Å². The minimum atomic E-state index is -0.717. The molecular weight excluding hydrogens is 424 g/mol. The summed E-state index contributed by atoms with van der Waals surface area (Å²) < 4.78 is 10.7. The van der Waals surface area contributed by atoms with E-state index >= 15 is 0 Å². The fourth-order valence-corrected chi connectivity index (χ4v) is 4.18. The molecule has 3 N–H and O–H groups in total. The van der Waals surface area contributed by atoms with Gasteiger partial charge >= 0.3 is 12.0 Å². The van der Waals surface area contributed by atoms with E-state index in [-0.39, 0.29) is 18.6 Å². The summed E-state index contributed by atoms with van der Waals surface area (Å²) in [6.07, 6.45) is 3.04. The van der Waals surface area contributed by atoms with Gasteiger partial charge < -0.3 is 25.1 Å². The lowest BCUT2D eigenvalue weighted by Crippen LogP contribution is -2.50. The van der Waals surface area contributed by atoms with Crippen LogP contribution < -0.4 is 16.0 Å². The lowest BCUT2D eigenvalue weighted by Gasteiger charge is -2.35. The first-order valence-corrected chi connectivity index (χ1v) is 11.1. The lowest BCUT2D eigenvalue weighted by atomic mass is 9.98. The Morgan fingerprint density at radius 3 is 2.58 bits per heavy atom. The van der Waals surface area contributed by atoms with Gasteiger partial charge in [0.2, 0.25) is 0 Å². The van der Waals surface area contributed by atoms with Crippen LogP contribution in [0.3, 0.4) is 0 Å². The summed E-state index contributed by atoms with van der Waals surface area (Å²) in [5.41, 5.74) is 1.49. The number of piperidine rings is 1. The van der Waals surface area contributed by atoms with Crippen LogP contribution in [0.5, 0.6) is 0 Å². The number of carbonyl (C=O) groups is 3. The van der Waals surface area contributed by atoms with Gasteiger partial charge in [-0.25, -0.2) is 9.59 Å². The first-order valence-electron chi connectivity index (χ1n) is 11.1. The number of rotatable bonds is 7. The van der Waals surface area contributed by atoms with Gasteiger partial charge in [-0.05, 0) is 44.0 Å². The molecule has 0 saturated carbocycles. The third-order valence-electron chi connectivity index (χ3n) is 5.82. The Bertz CT molecular complexity index is 1010. The summed E-state index contributed by atoms with van der Waals surface area (Å²) in [6, 6.07) is 11.5. The average molecular weight is 453 g/mol. The van der Waals surface area contributed by atoms with Crippen molar-refractivity contribution in [3.63, 3.8) is 0 Å². The van der Waals surface area contributed by atoms with Gasteiger partial charge in [0, 0.05) is 36.9 Å². The van der Waals surface area contributed by atoms with Crippen LogP contribution in [0, 0.1) is 0 Å². The summed E-state index contributed by atoms with van der Waals surface area (Å²) in [5.74, 6) is -0.104. The van der Waals surface area contributed by atoms with Crippen LogP contribution in [0.4, 0.5) is 4.79 Å². The molecule has 1 unspecified atom stereocenters. The number of nitrogens with zero attached hydrogens (tertiary/aromatic N) is 1. The first kappa shape index (κ1) is 22.6. The van der Waals surface area contributed by atoms with Crippen LogP contribution in [0.25, 0.3) is 0 Å². The van der Waals surface area contributed by atoms with Gasteiger partial charge in [0.05, 0.1) is 18.4 Å². The molecule has 1 saturated heterocycles. The summed E-state index contributed by atoms with van der Waals surface area (Å²) in [6.45, 7) is 3.78.